The first-order chi connectivity index (χ1) is 9.42. The fourth-order valence-electron chi connectivity index (χ4n) is 2.44. The second-order valence-corrected chi connectivity index (χ2v) is 4.58. The zero-order chi connectivity index (χ0) is 15.0. The summed E-state index contributed by atoms with van der Waals surface area (Å²) in [5.41, 5.74) is 5.55. The molecule has 0 aromatic heterocycles. The molecule has 2 heterocycles. The highest BCUT2D eigenvalue weighted by Crippen LogP contribution is 2.34. The molecule has 0 radical (unpaired) electrons. The van der Waals surface area contributed by atoms with Gasteiger partial charge in [0.25, 0.3) is 5.91 Å². The molecule has 0 bridgehead atoms. The van der Waals surface area contributed by atoms with Gasteiger partial charge in [0.2, 0.25) is 0 Å². The zero-order valence-electron chi connectivity index (χ0n) is 10.6. The molecule has 2 rings (SSSR count). The minimum absolute atomic E-state index is 0.0138. The lowest BCUT2D eigenvalue weighted by atomic mass is 9.98. The Morgan fingerprint density at radius 2 is 2.25 bits per heavy atom. The van der Waals surface area contributed by atoms with Crippen LogP contribution in [0.4, 0.5) is 4.39 Å². The van der Waals surface area contributed by atoms with E-state index in [4.69, 9.17) is 5.73 Å². The Kier molecular flexibility index (Phi) is 3.69. The third kappa shape index (κ3) is 2.02. The van der Waals surface area contributed by atoms with Gasteiger partial charge in [-0.2, -0.15) is 0 Å². The molecule has 0 aromatic carbocycles. The average Bonchev–Trinajstić information content (AvgIpc) is 2.88. The molecule has 2 aliphatic heterocycles. The minimum Gasteiger partial charge on any atom is -0.481 e. The molecule has 2 aliphatic rings. The summed E-state index contributed by atoms with van der Waals surface area (Å²) >= 11 is 0. The molecule has 1 unspecified atom stereocenters. The maximum absolute atomic E-state index is 12.6. The molecule has 1 amide bonds. The average molecular weight is 283 g/mol. The van der Waals surface area contributed by atoms with Gasteiger partial charge in [-0.25, -0.2) is 14.4 Å². The third-order valence-corrected chi connectivity index (χ3v) is 3.35. The number of aliphatic carboxylic acids is 1. The maximum atomic E-state index is 12.6. The Labute approximate surface area is 114 Å². The van der Waals surface area contributed by atoms with Crippen LogP contribution in [0.25, 0.3) is 0 Å². The molecule has 108 valence electrons. The number of hydrogen-bond donors (Lipinski definition) is 2. The van der Waals surface area contributed by atoms with Crippen LogP contribution in [0.1, 0.15) is 0 Å². The molecule has 1 saturated heterocycles. The standard InChI is InChI=1S/C12H14FN3O4/c1-2-6(12(19)20)10-7(9(17)3-13)4-15-5-8(14)11(18)16(10)15/h2,6,8H,1,3-5,14H2,(H,19,20)/t6?,8-/m0/s1. The van der Waals surface area contributed by atoms with E-state index < -0.39 is 36.3 Å². The Morgan fingerprint density at radius 3 is 2.75 bits per heavy atom. The van der Waals surface area contributed by atoms with E-state index in [1.807, 2.05) is 0 Å². The van der Waals surface area contributed by atoms with Crippen molar-refractivity contribution in [2.24, 2.45) is 11.7 Å². The molecule has 3 N–H and O–H groups in total. The number of hydrogen-bond acceptors (Lipinski definition) is 5. The van der Waals surface area contributed by atoms with Gasteiger partial charge in [-0.1, -0.05) is 6.08 Å². The van der Waals surface area contributed by atoms with Gasteiger partial charge in [0.15, 0.2) is 12.5 Å². The SMILES string of the molecule is C=CC(C(=O)O)C1=C(C(=O)CF)CN2C[C@H](N)C(=O)N12. The fourth-order valence-corrected chi connectivity index (χ4v) is 2.44. The van der Waals surface area contributed by atoms with Crippen molar-refractivity contribution in [3.05, 3.63) is 23.9 Å². The van der Waals surface area contributed by atoms with Crippen LogP contribution in [-0.4, -0.2) is 58.6 Å². The van der Waals surface area contributed by atoms with Crippen LogP contribution in [0.5, 0.6) is 0 Å². The number of nitrogens with zero attached hydrogens (tertiary/aromatic N) is 2. The number of carbonyl (C=O) groups excluding carboxylic acids is 2. The van der Waals surface area contributed by atoms with Crippen molar-refractivity contribution in [3.63, 3.8) is 0 Å². The molecule has 2 atom stereocenters. The number of carboxylic acids is 1. The molecular weight excluding hydrogens is 269 g/mol. The quantitative estimate of drug-likeness (QED) is 0.631. The van der Waals surface area contributed by atoms with Gasteiger partial charge >= 0.3 is 5.97 Å². The van der Waals surface area contributed by atoms with Crippen molar-refractivity contribution in [1.29, 1.82) is 0 Å². The first kappa shape index (κ1) is 14.4. The summed E-state index contributed by atoms with van der Waals surface area (Å²) in [5.74, 6) is -3.87. The lowest BCUT2D eigenvalue weighted by Gasteiger charge is -2.24. The highest BCUT2D eigenvalue weighted by atomic mass is 19.1. The monoisotopic (exact) mass is 283 g/mol. The molecule has 0 aromatic rings. The Bertz CT molecular complexity index is 531. The maximum Gasteiger partial charge on any atom is 0.316 e. The summed E-state index contributed by atoms with van der Waals surface area (Å²) < 4.78 is 12.6. The van der Waals surface area contributed by atoms with Gasteiger partial charge in [0.1, 0.15) is 12.0 Å². The van der Waals surface area contributed by atoms with Gasteiger partial charge < -0.3 is 10.8 Å². The van der Waals surface area contributed by atoms with Crippen molar-refractivity contribution >= 4 is 17.7 Å². The highest BCUT2D eigenvalue weighted by Gasteiger charge is 2.47. The van der Waals surface area contributed by atoms with Crippen LogP contribution in [0.3, 0.4) is 0 Å². The predicted octanol–water partition coefficient (Wildman–Crippen LogP) is -0.934. The van der Waals surface area contributed by atoms with Crippen LogP contribution in [0.15, 0.2) is 23.9 Å². The van der Waals surface area contributed by atoms with Crippen LogP contribution >= 0.6 is 0 Å². The number of hydrazine groups is 1. The van der Waals surface area contributed by atoms with Crippen molar-refractivity contribution in [2.75, 3.05) is 19.8 Å². The Morgan fingerprint density at radius 1 is 1.60 bits per heavy atom. The number of amides is 1. The second kappa shape index (κ2) is 5.14. The lowest BCUT2D eigenvalue weighted by molar-refractivity contribution is -0.141. The fraction of sp³-hybridized carbons (Fsp3) is 0.417. The third-order valence-electron chi connectivity index (χ3n) is 3.35. The van der Waals surface area contributed by atoms with Crippen molar-refractivity contribution < 1.29 is 23.9 Å². The van der Waals surface area contributed by atoms with Gasteiger partial charge in [0.05, 0.1) is 5.70 Å². The summed E-state index contributed by atoms with van der Waals surface area (Å²) in [6.45, 7) is 2.29. The first-order valence-electron chi connectivity index (χ1n) is 5.94. The van der Waals surface area contributed by atoms with Crippen molar-refractivity contribution in [3.8, 4) is 0 Å². The summed E-state index contributed by atoms with van der Waals surface area (Å²) in [7, 11) is 0. The van der Waals surface area contributed by atoms with E-state index in [-0.39, 0.29) is 24.4 Å². The molecular formula is C12H14FN3O4. The topological polar surface area (TPSA) is 104 Å². The van der Waals surface area contributed by atoms with E-state index in [2.05, 4.69) is 6.58 Å². The van der Waals surface area contributed by atoms with Gasteiger partial charge in [-0.3, -0.25) is 14.4 Å². The lowest BCUT2D eigenvalue weighted by Crippen LogP contribution is -2.38. The number of fused-ring (bicyclic) bond motifs is 1. The predicted molar refractivity (Wildman–Crippen MR) is 65.7 cm³/mol. The van der Waals surface area contributed by atoms with E-state index >= 15 is 0 Å². The van der Waals surface area contributed by atoms with Crippen molar-refractivity contribution in [1.82, 2.24) is 10.0 Å². The van der Waals surface area contributed by atoms with E-state index in [9.17, 15) is 23.9 Å². The number of nitrogens with two attached hydrogens (primary N) is 1. The Hall–Kier alpha value is -2.06. The molecule has 8 heteroatoms. The molecule has 0 spiro atoms. The van der Waals surface area contributed by atoms with Gasteiger partial charge in [-0.15, -0.1) is 6.58 Å². The molecule has 0 aliphatic carbocycles. The summed E-state index contributed by atoms with van der Waals surface area (Å²) in [6, 6.07) is -0.786. The summed E-state index contributed by atoms with van der Waals surface area (Å²) in [5, 5.41) is 11.7. The normalized spacial score (nSPS) is 24.0. The number of rotatable bonds is 5. The van der Waals surface area contributed by atoms with E-state index in [0.29, 0.717) is 0 Å². The van der Waals surface area contributed by atoms with Gasteiger partial charge in [-0.05, 0) is 0 Å². The van der Waals surface area contributed by atoms with Crippen LogP contribution < -0.4 is 5.73 Å². The highest BCUT2D eigenvalue weighted by molar-refractivity contribution is 6.01. The number of carbonyl (C=O) groups is 3. The largest absolute Gasteiger partial charge is 0.481 e. The van der Waals surface area contributed by atoms with E-state index in [1.165, 1.54) is 5.01 Å². The van der Waals surface area contributed by atoms with E-state index in [1.54, 1.807) is 0 Å². The molecule has 0 saturated carbocycles. The summed E-state index contributed by atoms with van der Waals surface area (Å²) in [4.78, 5) is 34.9. The number of halogens is 1. The number of carboxylic acid groups (broad SMARTS) is 1. The van der Waals surface area contributed by atoms with Crippen molar-refractivity contribution in [2.45, 2.75) is 6.04 Å². The second-order valence-electron chi connectivity index (χ2n) is 4.58. The zero-order valence-corrected chi connectivity index (χ0v) is 10.6. The number of ketones is 1. The summed E-state index contributed by atoms with van der Waals surface area (Å²) in [6.07, 6.45) is 1.10. The molecule has 7 nitrogen and oxygen atoms in total. The van der Waals surface area contributed by atoms with E-state index in [0.717, 1.165) is 11.1 Å². The molecule has 20 heavy (non-hydrogen) atoms. The van der Waals surface area contributed by atoms with Crippen LogP contribution in [0, 0.1) is 5.92 Å². The number of Topliss-reactive ketones (excluding diaryl/α,β-unsaturated/α-hetero) is 1. The minimum atomic E-state index is -1.27. The number of alkyl halides is 1. The first-order valence-corrected chi connectivity index (χ1v) is 5.94. The smallest absolute Gasteiger partial charge is 0.316 e. The van der Waals surface area contributed by atoms with Crippen LogP contribution in [-0.2, 0) is 14.4 Å². The molecule has 1 fully saturated rings. The van der Waals surface area contributed by atoms with Gasteiger partial charge in [0, 0.05) is 18.7 Å². The Balaban J connectivity index is 2.52. The van der Waals surface area contributed by atoms with Crippen LogP contribution in [0.2, 0.25) is 0 Å².